The Labute approximate surface area is 155 Å². The van der Waals surface area contributed by atoms with E-state index in [0.29, 0.717) is 16.0 Å². The van der Waals surface area contributed by atoms with Crippen LogP contribution in [0.25, 0.3) is 10.1 Å². The molecule has 1 atom stereocenters. The van der Waals surface area contributed by atoms with E-state index in [4.69, 9.17) is 13.0 Å². The lowest BCUT2D eigenvalue weighted by atomic mass is 10.1. The van der Waals surface area contributed by atoms with Crippen molar-refractivity contribution >= 4 is 30.7 Å². The summed E-state index contributed by atoms with van der Waals surface area (Å²) in [5, 5.41) is 0.754. The van der Waals surface area contributed by atoms with E-state index in [9.17, 15) is 26.3 Å². The number of benzene rings is 1. The molecule has 1 unspecified atom stereocenters. The average molecular weight is 436 g/mol. The van der Waals surface area contributed by atoms with E-state index < -0.39 is 31.6 Å². The van der Waals surface area contributed by atoms with E-state index in [1.807, 2.05) is 26.0 Å². The standard InChI is InChI=1S/C15H18F3S.CHF3O3S/c1-3-5-11-7-8-12-10-13(6-4-2)19(14(12)9-11)15(16,17)18;2-1(3,4)8(5,6)7/h7-10H,3-6H2,1-2H3;(H,5,6,7)/q+1;/p-1. The maximum atomic E-state index is 13.3. The molecule has 11 heteroatoms. The van der Waals surface area contributed by atoms with Crippen LogP contribution in [0.4, 0.5) is 26.3 Å². The fourth-order valence-corrected chi connectivity index (χ4v) is 4.50. The quantitative estimate of drug-likeness (QED) is 0.255. The van der Waals surface area contributed by atoms with Gasteiger partial charge in [-0.1, -0.05) is 26.3 Å². The van der Waals surface area contributed by atoms with Gasteiger partial charge >= 0.3 is 11.0 Å². The predicted molar refractivity (Wildman–Crippen MR) is 91.5 cm³/mol. The molecule has 0 aliphatic rings. The van der Waals surface area contributed by atoms with Crippen molar-refractivity contribution in [3.05, 3.63) is 34.7 Å². The summed E-state index contributed by atoms with van der Waals surface area (Å²) in [5.74, 6) is 0. The molecule has 0 aliphatic carbocycles. The van der Waals surface area contributed by atoms with Gasteiger partial charge in [-0.25, -0.2) is 8.42 Å². The Morgan fingerprint density at radius 1 is 0.963 bits per heavy atom. The lowest BCUT2D eigenvalue weighted by Gasteiger charge is -2.08. The van der Waals surface area contributed by atoms with Crippen LogP contribution < -0.4 is 0 Å². The Morgan fingerprint density at radius 2 is 1.48 bits per heavy atom. The molecule has 0 saturated carbocycles. The summed E-state index contributed by atoms with van der Waals surface area (Å²) in [4.78, 5) is 0.540. The Kier molecular flexibility index (Phi) is 7.71. The van der Waals surface area contributed by atoms with Crippen LogP contribution in [0.2, 0.25) is 0 Å². The molecule has 0 aliphatic heterocycles. The van der Waals surface area contributed by atoms with E-state index >= 15 is 0 Å². The van der Waals surface area contributed by atoms with Gasteiger partial charge < -0.3 is 4.55 Å². The highest BCUT2D eigenvalue weighted by atomic mass is 32.2. The van der Waals surface area contributed by atoms with Gasteiger partial charge in [0.05, 0.1) is 10.5 Å². The van der Waals surface area contributed by atoms with Gasteiger partial charge in [-0.2, -0.15) is 13.2 Å². The van der Waals surface area contributed by atoms with Crippen molar-refractivity contribution in [1.29, 1.82) is 0 Å². The summed E-state index contributed by atoms with van der Waals surface area (Å²) in [7, 11) is -7.80. The maximum absolute atomic E-state index is 13.3. The molecule has 1 aromatic heterocycles. The van der Waals surface area contributed by atoms with E-state index in [0.717, 1.165) is 30.2 Å². The number of rotatable bonds is 4. The Hall–Kier alpha value is -1.33. The van der Waals surface area contributed by atoms with Crippen molar-refractivity contribution in [2.75, 3.05) is 0 Å². The summed E-state index contributed by atoms with van der Waals surface area (Å²) < 4.78 is 99.3. The zero-order valence-corrected chi connectivity index (χ0v) is 16.1. The molecule has 0 saturated heterocycles. The molecule has 0 radical (unpaired) electrons. The van der Waals surface area contributed by atoms with Crippen LogP contribution in [0.1, 0.15) is 37.1 Å². The molecule has 2 rings (SSSR count). The smallest absolute Gasteiger partial charge is 0.600 e. The Bertz CT molecular complexity index is 867. The predicted octanol–water partition coefficient (Wildman–Crippen LogP) is 6.02. The normalized spacial score (nSPS) is 13.4. The van der Waals surface area contributed by atoms with Crippen LogP contribution >= 0.6 is 10.5 Å². The first-order valence-electron chi connectivity index (χ1n) is 7.89. The number of thiophene rings is 1. The first kappa shape index (κ1) is 23.7. The number of fused-ring (bicyclic) bond motifs is 1. The highest BCUT2D eigenvalue weighted by Crippen LogP contribution is 2.51. The van der Waals surface area contributed by atoms with E-state index in [2.05, 4.69) is 0 Å². The Morgan fingerprint density at radius 3 is 1.89 bits per heavy atom. The van der Waals surface area contributed by atoms with Crippen LogP contribution in [-0.2, 0) is 28.5 Å². The molecular weight excluding hydrogens is 418 g/mol. The molecule has 27 heavy (non-hydrogen) atoms. The molecule has 0 N–H and O–H groups in total. The van der Waals surface area contributed by atoms with E-state index in [1.165, 1.54) is 0 Å². The highest BCUT2D eigenvalue weighted by Gasteiger charge is 2.47. The minimum absolute atomic E-state index is 0.474. The van der Waals surface area contributed by atoms with E-state index in [-0.39, 0.29) is 0 Å². The molecule has 1 heterocycles. The first-order valence-corrected chi connectivity index (χ1v) is 10.5. The van der Waals surface area contributed by atoms with Gasteiger partial charge in [0.25, 0.3) is 0 Å². The van der Waals surface area contributed by atoms with E-state index in [1.54, 1.807) is 12.1 Å². The third-order valence-electron chi connectivity index (χ3n) is 3.43. The molecular formula is C16H18F6O3S2. The summed E-state index contributed by atoms with van der Waals surface area (Å²) in [6.07, 6.45) is 3.07. The zero-order valence-electron chi connectivity index (χ0n) is 14.4. The SMILES string of the molecule is CCCc1ccc2cc(CCC)[s+](C(F)(F)F)c2c1.O=S(=O)([O-])C(F)(F)F. The number of halogens is 6. The van der Waals surface area contributed by atoms with Crippen LogP contribution in [0, 0.1) is 0 Å². The van der Waals surface area contributed by atoms with Crippen molar-refractivity contribution in [2.24, 2.45) is 0 Å². The van der Waals surface area contributed by atoms with Crippen molar-refractivity contribution in [3.8, 4) is 0 Å². The number of hydrogen-bond acceptors (Lipinski definition) is 3. The van der Waals surface area contributed by atoms with Crippen LogP contribution in [0.15, 0.2) is 24.3 Å². The van der Waals surface area contributed by atoms with Crippen LogP contribution in [0.3, 0.4) is 0 Å². The minimum atomic E-state index is -6.09. The molecule has 154 valence electrons. The topological polar surface area (TPSA) is 57.2 Å². The maximum Gasteiger partial charge on any atom is 0.600 e. The largest absolute Gasteiger partial charge is 0.741 e. The van der Waals surface area contributed by atoms with Crippen molar-refractivity contribution < 1.29 is 39.3 Å². The van der Waals surface area contributed by atoms with Gasteiger partial charge in [0.2, 0.25) is 0 Å². The lowest BCUT2D eigenvalue weighted by Crippen LogP contribution is -2.21. The molecule has 0 spiro atoms. The van der Waals surface area contributed by atoms with Gasteiger partial charge in [0, 0.05) is 23.9 Å². The molecule has 3 nitrogen and oxygen atoms in total. The second kappa shape index (κ2) is 8.78. The summed E-state index contributed by atoms with van der Waals surface area (Å²) in [6.45, 7) is 3.96. The molecule has 2 aromatic rings. The summed E-state index contributed by atoms with van der Waals surface area (Å²) in [5.41, 5.74) is -8.79. The number of hydrogen-bond donors (Lipinski definition) is 0. The van der Waals surface area contributed by atoms with Crippen LogP contribution in [-0.4, -0.2) is 18.5 Å². The van der Waals surface area contributed by atoms with Gasteiger partial charge in [-0.15, -0.1) is 13.2 Å². The third kappa shape index (κ3) is 6.35. The van der Waals surface area contributed by atoms with Gasteiger partial charge in [-0.05, 0) is 24.5 Å². The van der Waals surface area contributed by atoms with Crippen molar-refractivity contribution in [2.45, 2.75) is 50.5 Å². The fourth-order valence-electron chi connectivity index (χ4n) is 2.39. The van der Waals surface area contributed by atoms with Crippen LogP contribution in [0.5, 0.6) is 0 Å². The molecule has 0 bridgehead atoms. The summed E-state index contributed by atoms with van der Waals surface area (Å²) >= 11 is 0. The molecule has 0 fully saturated rings. The minimum Gasteiger partial charge on any atom is -0.741 e. The average Bonchev–Trinajstić information content (AvgIpc) is 2.83. The van der Waals surface area contributed by atoms with Gasteiger partial charge in [0.1, 0.15) is 0 Å². The van der Waals surface area contributed by atoms with Crippen molar-refractivity contribution in [3.63, 3.8) is 0 Å². The number of aryl methyl sites for hydroxylation is 2. The highest BCUT2D eigenvalue weighted by molar-refractivity contribution is 7.86. The fraction of sp³-hybridized carbons (Fsp3) is 0.500. The number of alkyl halides is 6. The second-order valence-corrected chi connectivity index (χ2v) is 9.05. The van der Waals surface area contributed by atoms with Gasteiger partial charge in [0.15, 0.2) is 19.7 Å². The monoisotopic (exact) mass is 436 g/mol. The molecule has 1 aromatic carbocycles. The summed E-state index contributed by atoms with van der Waals surface area (Å²) in [6, 6.07) is 7.29. The Balaban J connectivity index is 0.000000387. The first-order chi connectivity index (χ1) is 12.2. The van der Waals surface area contributed by atoms with Crippen molar-refractivity contribution in [1.82, 2.24) is 0 Å². The lowest BCUT2D eigenvalue weighted by molar-refractivity contribution is -0.0867. The third-order valence-corrected chi connectivity index (χ3v) is 6.10. The zero-order chi connectivity index (χ0) is 21.0. The molecule has 0 amide bonds. The second-order valence-electron chi connectivity index (χ2n) is 5.63. The van der Waals surface area contributed by atoms with Gasteiger partial charge in [-0.3, -0.25) is 0 Å².